The van der Waals surface area contributed by atoms with Crippen molar-refractivity contribution in [1.29, 1.82) is 0 Å². The molecule has 0 bridgehead atoms. The minimum absolute atomic E-state index is 0.0771. The third-order valence-electron chi connectivity index (χ3n) is 2.55. The molecule has 1 unspecified atom stereocenters. The lowest BCUT2D eigenvalue weighted by Gasteiger charge is -2.27. The first-order valence-corrected chi connectivity index (χ1v) is 4.77. The van der Waals surface area contributed by atoms with Crippen molar-refractivity contribution in [3.05, 3.63) is 11.7 Å². The smallest absolute Gasteiger partial charge is 0.290 e. The first-order chi connectivity index (χ1) is 6.79. The lowest BCUT2D eigenvalue weighted by atomic mass is 9.98. The van der Waals surface area contributed by atoms with Crippen LogP contribution in [-0.4, -0.2) is 41.5 Å². The highest BCUT2D eigenvalue weighted by molar-refractivity contribution is 5.66. The lowest BCUT2D eigenvalue weighted by Crippen LogP contribution is -2.31. The number of likely N-dealkylation sites (tertiary alicyclic amines) is 1. The molecule has 5 heteroatoms. The predicted octanol–water partition coefficient (Wildman–Crippen LogP) is 0.691. The maximum Gasteiger partial charge on any atom is 0.290 e. The SMILES string of the molecule is CN1CCCC(c2noc(C=O)n2)C1. The van der Waals surface area contributed by atoms with E-state index in [2.05, 4.69) is 22.1 Å². The van der Waals surface area contributed by atoms with Crippen molar-refractivity contribution >= 4 is 6.29 Å². The fourth-order valence-electron chi connectivity index (χ4n) is 1.84. The van der Waals surface area contributed by atoms with Crippen LogP contribution in [-0.2, 0) is 0 Å². The zero-order valence-electron chi connectivity index (χ0n) is 8.14. The number of nitrogens with zero attached hydrogens (tertiary/aromatic N) is 3. The van der Waals surface area contributed by atoms with Crippen LogP contribution in [0.5, 0.6) is 0 Å². The number of piperidine rings is 1. The van der Waals surface area contributed by atoms with Gasteiger partial charge in [0.05, 0.1) is 0 Å². The summed E-state index contributed by atoms with van der Waals surface area (Å²) in [6.07, 6.45) is 2.80. The number of likely N-dealkylation sites (N-methyl/N-ethyl adjacent to an activating group) is 1. The number of carbonyl (C=O) groups is 1. The van der Waals surface area contributed by atoms with Gasteiger partial charge in [-0.2, -0.15) is 4.98 Å². The van der Waals surface area contributed by atoms with E-state index in [9.17, 15) is 4.79 Å². The Morgan fingerprint density at radius 1 is 1.64 bits per heavy atom. The van der Waals surface area contributed by atoms with E-state index >= 15 is 0 Å². The van der Waals surface area contributed by atoms with Gasteiger partial charge < -0.3 is 9.42 Å². The van der Waals surface area contributed by atoms with E-state index in [1.807, 2.05) is 0 Å². The zero-order chi connectivity index (χ0) is 9.97. The molecule has 76 valence electrons. The summed E-state index contributed by atoms with van der Waals surface area (Å²) in [7, 11) is 2.08. The molecule has 0 aliphatic carbocycles. The fraction of sp³-hybridized carbons (Fsp3) is 0.667. The number of aldehydes is 1. The number of hydrogen-bond acceptors (Lipinski definition) is 5. The molecule has 1 aromatic heterocycles. The van der Waals surface area contributed by atoms with E-state index in [1.165, 1.54) is 0 Å². The number of rotatable bonds is 2. The highest BCUT2D eigenvalue weighted by Crippen LogP contribution is 2.23. The largest absolute Gasteiger partial charge is 0.331 e. The Labute approximate surface area is 82.1 Å². The molecule has 5 nitrogen and oxygen atoms in total. The van der Waals surface area contributed by atoms with Gasteiger partial charge in [-0.1, -0.05) is 5.16 Å². The van der Waals surface area contributed by atoms with Crippen LogP contribution >= 0.6 is 0 Å². The normalized spacial score (nSPS) is 23.6. The summed E-state index contributed by atoms with van der Waals surface area (Å²) in [4.78, 5) is 16.6. The van der Waals surface area contributed by atoms with Gasteiger partial charge >= 0.3 is 0 Å². The summed E-state index contributed by atoms with van der Waals surface area (Å²) >= 11 is 0. The van der Waals surface area contributed by atoms with E-state index in [4.69, 9.17) is 4.52 Å². The van der Waals surface area contributed by atoms with Crippen molar-refractivity contribution in [2.24, 2.45) is 0 Å². The van der Waals surface area contributed by atoms with E-state index in [-0.39, 0.29) is 5.89 Å². The van der Waals surface area contributed by atoms with Crippen LogP contribution in [0.4, 0.5) is 0 Å². The van der Waals surface area contributed by atoms with Crippen molar-refractivity contribution in [2.75, 3.05) is 20.1 Å². The zero-order valence-corrected chi connectivity index (χ0v) is 8.14. The highest BCUT2D eigenvalue weighted by atomic mass is 16.5. The molecule has 0 saturated carbocycles. The molecule has 1 atom stereocenters. The molecule has 1 aliphatic rings. The van der Waals surface area contributed by atoms with Crippen molar-refractivity contribution in [2.45, 2.75) is 18.8 Å². The maximum absolute atomic E-state index is 10.4. The number of aromatic nitrogens is 2. The van der Waals surface area contributed by atoms with Crippen LogP contribution in [0.2, 0.25) is 0 Å². The van der Waals surface area contributed by atoms with Gasteiger partial charge in [0, 0.05) is 12.5 Å². The van der Waals surface area contributed by atoms with Crippen LogP contribution in [0.25, 0.3) is 0 Å². The average Bonchev–Trinajstić information content (AvgIpc) is 2.66. The molecule has 1 saturated heterocycles. The first-order valence-electron chi connectivity index (χ1n) is 4.77. The van der Waals surface area contributed by atoms with Crippen LogP contribution in [0.3, 0.4) is 0 Å². The van der Waals surface area contributed by atoms with E-state index in [1.54, 1.807) is 0 Å². The topological polar surface area (TPSA) is 59.2 Å². The van der Waals surface area contributed by atoms with Gasteiger partial charge in [-0.3, -0.25) is 4.79 Å². The minimum atomic E-state index is 0.0771. The molecule has 0 aromatic carbocycles. The Balaban J connectivity index is 2.09. The third-order valence-corrected chi connectivity index (χ3v) is 2.55. The molecular weight excluding hydrogens is 182 g/mol. The van der Waals surface area contributed by atoms with Crippen LogP contribution in [0.15, 0.2) is 4.52 Å². The Morgan fingerprint density at radius 3 is 3.14 bits per heavy atom. The molecular formula is C9H13N3O2. The molecule has 1 fully saturated rings. The summed E-state index contributed by atoms with van der Waals surface area (Å²) < 4.78 is 4.75. The van der Waals surface area contributed by atoms with Crippen molar-refractivity contribution in [1.82, 2.24) is 15.0 Å². The third kappa shape index (κ3) is 1.82. The number of hydrogen-bond donors (Lipinski definition) is 0. The van der Waals surface area contributed by atoms with Gasteiger partial charge in [-0.05, 0) is 26.4 Å². The maximum atomic E-state index is 10.4. The molecule has 14 heavy (non-hydrogen) atoms. The minimum Gasteiger partial charge on any atom is -0.331 e. The predicted molar refractivity (Wildman–Crippen MR) is 49.2 cm³/mol. The van der Waals surface area contributed by atoms with Gasteiger partial charge in [-0.15, -0.1) is 0 Å². The average molecular weight is 195 g/mol. The second-order valence-corrected chi connectivity index (χ2v) is 3.71. The first kappa shape index (κ1) is 9.33. The number of carbonyl (C=O) groups excluding carboxylic acids is 1. The second kappa shape index (κ2) is 3.88. The monoisotopic (exact) mass is 195 g/mol. The summed E-state index contributed by atoms with van der Waals surface area (Å²) in [5.74, 6) is 1.05. The van der Waals surface area contributed by atoms with Gasteiger partial charge in [0.2, 0.25) is 6.29 Å². The van der Waals surface area contributed by atoms with Crippen molar-refractivity contribution < 1.29 is 9.32 Å². The van der Waals surface area contributed by atoms with Crippen LogP contribution < -0.4 is 0 Å². The lowest BCUT2D eigenvalue weighted by molar-refractivity contribution is 0.108. The Bertz CT molecular complexity index is 324. The molecule has 1 aliphatic heterocycles. The van der Waals surface area contributed by atoms with Crippen molar-refractivity contribution in [3.63, 3.8) is 0 Å². The molecule has 1 aromatic rings. The Kier molecular flexibility index (Phi) is 2.58. The molecule has 2 heterocycles. The fourth-order valence-corrected chi connectivity index (χ4v) is 1.84. The highest BCUT2D eigenvalue weighted by Gasteiger charge is 2.23. The van der Waals surface area contributed by atoms with Crippen LogP contribution in [0.1, 0.15) is 35.3 Å². The van der Waals surface area contributed by atoms with E-state index in [0.29, 0.717) is 18.0 Å². The van der Waals surface area contributed by atoms with Gasteiger partial charge in [0.1, 0.15) is 0 Å². The Morgan fingerprint density at radius 2 is 2.50 bits per heavy atom. The second-order valence-electron chi connectivity index (χ2n) is 3.71. The van der Waals surface area contributed by atoms with Crippen molar-refractivity contribution in [3.8, 4) is 0 Å². The molecule has 0 radical (unpaired) electrons. The molecule has 0 spiro atoms. The van der Waals surface area contributed by atoms with Gasteiger partial charge in [0.25, 0.3) is 5.89 Å². The Hall–Kier alpha value is -1.23. The van der Waals surface area contributed by atoms with Crippen LogP contribution in [0, 0.1) is 0 Å². The van der Waals surface area contributed by atoms with E-state index < -0.39 is 0 Å². The summed E-state index contributed by atoms with van der Waals surface area (Å²) in [5.41, 5.74) is 0. The van der Waals surface area contributed by atoms with Gasteiger partial charge in [0.15, 0.2) is 5.82 Å². The molecule has 0 N–H and O–H groups in total. The molecule has 2 rings (SSSR count). The van der Waals surface area contributed by atoms with E-state index in [0.717, 1.165) is 25.9 Å². The summed E-state index contributed by atoms with van der Waals surface area (Å²) in [6.45, 7) is 2.06. The summed E-state index contributed by atoms with van der Waals surface area (Å²) in [5, 5.41) is 3.80. The quantitative estimate of drug-likeness (QED) is 0.650. The molecule has 0 amide bonds. The van der Waals surface area contributed by atoms with Gasteiger partial charge in [-0.25, -0.2) is 0 Å². The summed E-state index contributed by atoms with van der Waals surface area (Å²) in [6, 6.07) is 0. The standard InChI is InChI=1S/C9H13N3O2/c1-12-4-2-3-7(5-12)9-10-8(6-13)14-11-9/h6-7H,2-5H2,1H3.